The van der Waals surface area contributed by atoms with Gasteiger partial charge in [0, 0.05) is 32.4 Å². The van der Waals surface area contributed by atoms with Gasteiger partial charge in [0.2, 0.25) is 5.91 Å². The largest absolute Gasteiger partial charge is 0.355 e. The van der Waals surface area contributed by atoms with Crippen LogP contribution in [0.1, 0.15) is 17.3 Å². The lowest BCUT2D eigenvalue weighted by atomic mass is 10.1. The average molecular weight is 278 g/mol. The second kappa shape index (κ2) is 6.33. The predicted octanol–water partition coefficient (Wildman–Crippen LogP) is -1.07. The molecule has 2 rings (SSSR count). The van der Waals surface area contributed by atoms with Crippen molar-refractivity contribution in [3.8, 4) is 0 Å². The number of amides is 2. The summed E-state index contributed by atoms with van der Waals surface area (Å²) in [6.45, 7) is 3.72. The Labute approximate surface area is 116 Å². The zero-order chi connectivity index (χ0) is 14.5. The number of H-pyrrole nitrogens is 1. The van der Waals surface area contributed by atoms with E-state index in [1.165, 1.54) is 17.2 Å². The molecule has 0 saturated carbocycles. The van der Waals surface area contributed by atoms with Crippen molar-refractivity contribution in [1.29, 1.82) is 0 Å². The van der Waals surface area contributed by atoms with Gasteiger partial charge in [-0.3, -0.25) is 14.4 Å². The summed E-state index contributed by atoms with van der Waals surface area (Å²) in [6, 6.07) is 2.48. The smallest absolute Gasteiger partial charge is 0.260 e. The minimum Gasteiger partial charge on any atom is -0.355 e. The van der Waals surface area contributed by atoms with Crippen LogP contribution in [-0.4, -0.2) is 53.9 Å². The maximum Gasteiger partial charge on any atom is 0.260 e. The molecule has 1 aromatic heterocycles. The number of hydrogen-bond donors (Lipinski definition) is 3. The molecule has 3 N–H and O–H groups in total. The molecule has 0 aromatic carbocycles. The highest BCUT2D eigenvalue weighted by molar-refractivity contribution is 5.97. The number of likely N-dealkylation sites (N-methyl/N-ethyl adjacent to an activating group) is 1. The zero-order valence-corrected chi connectivity index (χ0v) is 11.3. The highest BCUT2D eigenvalue weighted by Crippen LogP contribution is 2.08. The number of rotatable bonds is 3. The van der Waals surface area contributed by atoms with Gasteiger partial charge in [-0.15, -0.1) is 0 Å². The molecule has 1 fully saturated rings. The molecule has 2 amide bonds. The van der Waals surface area contributed by atoms with E-state index in [1.807, 2.05) is 6.92 Å². The van der Waals surface area contributed by atoms with Crippen LogP contribution in [0.5, 0.6) is 0 Å². The highest BCUT2D eigenvalue weighted by Gasteiger charge is 2.33. The summed E-state index contributed by atoms with van der Waals surface area (Å²) in [7, 11) is 0. The van der Waals surface area contributed by atoms with Gasteiger partial charge >= 0.3 is 0 Å². The van der Waals surface area contributed by atoms with Crippen LogP contribution < -0.4 is 16.2 Å². The molecule has 1 saturated heterocycles. The van der Waals surface area contributed by atoms with Gasteiger partial charge in [-0.2, -0.15) is 0 Å². The van der Waals surface area contributed by atoms with Crippen LogP contribution >= 0.6 is 0 Å². The summed E-state index contributed by atoms with van der Waals surface area (Å²) in [5.41, 5.74) is -0.380. The Kier molecular flexibility index (Phi) is 4.52. The Morgan fingerprint density at radius 2 is 2.30 bits per heavy atom. The monoisotopic (exact) mass is 278 g/mol. The Bertz CT molecular complexity index is 555. The van der Waals surface area contributed by atoms with Crippen LogP contribution in [-0.2, 0) is 4.79 Å². The average Bonchev–Trinajstić information content (AvgIpc) is 2.47. The first-order chi connectivity index (χ1) is 9.65. The van der Waals surface area contributed by atoms with E-state index in [0.29, 0.717) is 26.2 Å². The molecule has 1 aliphatic rings. The Hall–Kier alpha value is -2.15. The van der Waals surface area contributed by atoms with E-state index in [4.69, 9.17) is 0 Å². The minimum absolute atomic E-state index is 0.0590. The number of hydrogen-bond acceptors (Lipinski definition) is 4. The molecule has 7 nitrogen and oxygen atoms in total. The van der Waals surface area contributed by atoms with Crippen LogP contribution in [0.2, 0.25) is 0 Å². The minimum atomic E-state index is -0.587. The lowest BCUT2D eigenvalue weighted by molar-refractivity contribution is -0.126. The van der Waals surface area contributed by atoms with Crippen molar-refractivity contribution < 1.29 is 9.59 Å². The van der Waals surface area contributed by atoms with E-state index < -0.39 is 17.5 Å². The first-order valence-electron chi connectivity index (χ1n) is 6.62. The quantitative estimate of drug-likeness (QED) is 0.656. The van der Waals surface area contributed by atoms with Crippen molar-refractivity contribution >= 4 is 11.8 Å². The van der Waals surface area contributed by atoms with Crippen LogP contribution in [0.3, 0.4) is 0 Å². The van der Waals surface area contributed by atoms with Crippen molar-refractivity contribution in [2.75, 3.05) is 26.2 Å². The summed E-state index contributed by atoms with van der Waals surface area (Å²) in [4.78, 5) is 40.0. The third kappa shape index (κ3) is 2.88. The predicted molar refractivity (Wildman–Crippen MR) is 73.4 cm³/mol. The van der Waals surface area contributed by atoms with Crippen LogP contribution in [0.25, 0.3) is 0 Å². The molecule has 0 aliphatic carbocycles. The van der Waals surface area contributed by atoms with Gasteiger partial charge < -0.3 is 20.5 Å². The highest BCUT2D eigenvalue weighted by atomic mass is 16.2. The number of aromatic amines is 1. The number of piperazine rings is 1. The number of aromatic nitrogens is 1. The van der Waals surface area contributed by atoms with Gasteiger partial charge in [-0.1, -0.05) is 0 Å². The summed E-state index contributed by atoms with van der Waals surface area (Å²) < 4.78 is 0. The molecule has 0 bridgehead atoms. The Balaban J connectivity index is 2.24. The van der Waals surface area contributed by atoms with Crippen LogP contribution in [0.15, 0.2) is 23.1 Å². The molecular weight excluding hydrogens is 260 g/mol. The first kappa shape index (κ1) is 14.3. The van der Waals surface area contributed by atoms with E-state index in [-0.39, 0.29) is 11.5 Å². The van der Waals surface area contributed by atoms with Gasteiger partial charge in [-0.25, -0.2) is 0 Å². The van der Waals surface area contributed by atoms with Crippen LogP contribution in [0, 0.1) is 0 Å². The van der Waals surface area contributed by atoms with E-state index in [2.05, 4.69) is 15.6 Å². The summed E-state index contributed by atoms with van der Waals surface area (Å²) in [5.74, 6) is -0.620. The standard InChI is InChI=1S/C13H18N4O3/c1-2-15-12(19)10-8-14-6-7-17(10)13(20)9-4-3-5-16-11(9)18/h3-5,10,14H,2,6-8H2,1H3,(H,15,19)(H,16,18). The van der Waals surface area contributed by atoms with Gasteiger partial charge in [-0.05, 0) is 19.1 Å². The molecule has 0 spiro atoms. The summed E-state index contributed by atoms with van der Waals surface area (Å²) in [6.07, 6.45) is 1.47. The number of nitrogens with one attached hydrogen (secondary N) is 3. The van der Waals surface area contributed by atoms with Gasteiger partial charge in [0.15, 0.2) is 0 Å². The molecule has 7 heteroatoms. The fourth-order valence-corrected chi connectivity index (χ4v) is 2.22. The van der Waals surface area contributed by atoms with Gasteiger partial charge in [0.25, 0.3) is 11.5 Å². The molecule has 1 aromatic rings. The Morgan fingerprint density at radius 1 is 1.50 bits per heavy atom. The summed E-state index contributed by atoms with van der Waals surface area (Å²) >= 11 is 0. The second-order valence-corrected chi connectivity index (χ2v) is 4.53. The molecule has 1 unspecified atom stereocenters. The fourth-order valence-electron chi connectivity index (χ4n) is 2.22. The second-order valence-electron chi connectivity index (χ2n) is 4.53. The van der Waals surface area contributed by atoms with Crippen molar-refractivity contribution in [3.05, 3.63) is 34.2 Å². The van der Waals surface area contributed by atoms with Crippen LogP contribution in [0.4, 0.5) is 0 Å². The van der Waals surface area contributed by atoms with Crippen molar-refractivity contribution in [1.82, 2.24) is 20.5 Å². The molecule has 20 heavy (non-hydrogen) atoms. The van der Waals surface area contributed by atoms with E-state index in [0.717, 1.165) is 0 Å². The normalized spacial score (nSPS) is 18.6. The van der Waals surface area contributed by atoms with Gasteiger partial charge in [0.1, 0.15) is 11.6 Å². The zero-order valence-electron chi connectivity index (χ0n) is 11.3. The molecule has 0 radical (unpaired) electrons. The van der Waals surface area contributed by atoms with Crippen molar-refractivity contribution in [2.24, 2.45) is 0 Å². The van der Waals surface area contributed by atoms with E-state index in [1.54, 1.807) is 6.07 Å². The summed E-state index contributed by atoms with van der Waals surface area (Å²) in [5, 5.41) is 5.79. The first-order valence-corrected chi connectivity index (χ1v) is 6.62. The Morgan fingerprint density at radius 3 is 3.00 bits per heavy atom. The molecule has 1 aliphatic heterocycles. The fraction of sp³-hybridized carbons (Fsp3) is 0.462. The topological polar surface area (TPSA) is 94.3 Å². The molecule has 2 heterocycles. The SMILES string of the molecule is CCNC(=O)C1CNCCN1C(=O)c1ccc[nH]c1=O. The number of carbonyl (C=O) groups is 2. The molecule has 108 valence electrons. The third-order valence-electron chi connectivity index (χ3n) is 3.21. The lowest BCUT2D eigenvalue weighted by Crippen LogP contribution is -2.60. The molecule has 1 atom stereocenters. The van der Waals surface area contributed by atoms with E-state index in [9.17, 15) is 14.4 Å². The maximum atomic E-state index is 12.4. The number of pyridine rings is 1. The van der Waals surface area contributed by atoms with Crippen molar-refractivity contribution in [2.45, 2.75) is 13.0 Å². The number of nitrogens with zero attached hydrogens (tertiary/aromatic N) is 1. The maximum absolute atomic E-state index is 12.4. The molecular formula is C13H18N4O3. The van der Waals surface area contributed by atoms with E-state index >= 15 is 0 Å². The third-order valence-corrected chi connectivity index (χ3v) is 3.21. The lowest BCUT2D eigenvalue weighted by Gasteiger charge is -2.35. The number of carbonyl (C=O) groups excluding carboxylic acids is 2. The van der Waals surface area contributed by atoms with Crippen molar-refractivity contribution in [3.63, 3.8) is 0 Å². The van der Waals surface area contributed by atoms with Gasteiger partial charge in [0.05, 0.1) is 0 Å².